The summed E-state index contributed by atoms with van der Waals surface area (Å²) in [4.78, 5) is 6.89. The van der Waals surface area contributed by atoms with E-state index in [2.05, 4.69) is 9.97 Å². The number of imidazole rings is 1. The first-order valence-electron chi connectivity index (χ1n) is 5.99. The van der Waals surface area contributed by atoms with Gasteiger partial charge in [-0.3, -0.25) is 0 Å². The molecule has 3 rings (SSSR count). The minimum Gasteiger partial charge on any atom is -0.394 e. The molecule has 1 aromatic heterocycles. The maximum absolute atomic E-state index is 10.0. The van der Waals surface area contributed by atoms with E-state index in [9.17, 15) is 10.2 Å². The zero-order chi connectivity index (χ0) is 14.4. The van der Waals surface area contributed by atoms with E-state index in [4.69, 9.17) is 33.0 Å². The van der Waals surface area contributed by atoms with E-state index < -0.39 is 24.4 Å². The lowest BCUT2D eigenvalue weighted by Gasteiger charge is -2.16. The van der Waals surface area contributed by atoms with E-state index in [1.807, 2.05) is 0 Å². The molecule has 0 amide bonds. The monoisotopic (exact) mass is 318 g/mol. The second kappa shape index (κ2) is 5.14. The molecule has 108 valence electrons. The smallest absolute Gasteiger partial charge is 0.201 e. The van der Waals surface area contributed by atoms with Crippen LogP contribution in [0, 0.1) is 0 Å². The molecular weight excluding hydrogens is 307 g/mol. The Kier molecular flexibility index (Phi) is 3.62. The lowest BCUT2D eigenvalue weighted by molar-refractivity contribution is -0.0227. The number of hydrogen-bond acceptors (Lipinski definition) is 5. The molecule has 0 spiro atoms. The lowest BCUT2D eigenvalue weighted by atomic mass is 10.0. The summed E-state index contributed by atoms with van der Waals surface area (Å²) in [5, 5.41) is 29.4. The zero-order valence-corrected chi connectivity index (χ0v) is 11.6. The van der Waals surface area contributed by atoms with Gasteiger partial charge in [-0.05, 0) is 17.7 Å². The van der Waals surface area contributed by atoms with Gasteiger partial charge in [0.25, 0.3) is 0 Å². The third-order valence-electron chi connectivity index (χ3n) is 3.44. The molecule has 1 saturated heterocycles. The summed E-state index contributed by atoms with van der Waals surface area (Å²) in [6.07, 6.45) is -4.00. The van der Waals surface area contributed by atoms with Gasteiger partial charge in [0.1, 0.15) is 29.9 Å². The van der Waals surface area contributed by atoms with Gasteiger partial charge in [0.2, 0.25) is 5.28 Å². The summed E-state index contributed by atoms with van der Waals surface area (Å²) >= 11 is 12.0. The van der Waals surface area contributed by atoms with Crippen molar-refractivity contribution in [3.05, 3.63) is 28.0 Å². The molecule has 0 aliphatic carbocycles. The van der Waals surface area contributed by atoms with Gasteiger partial charge in [-0.25, -0.2) is 4.98 Å². The van der Waals surface area contributed by atoms with Crippen LogP contribution in [0.5, 0.6) is 0 Å². The molecule has 8 heteroatoms. The molecule has 1 aliphatic heterocycles. The van der Waals surface area contributed by atoms with E-state index in [1.54, 1.807) is 12.1 Å². The summed E-state index contributed by atoms with van der Waals surface area (Å²) in [6, 6.07) is 3.38. The summed E-state index contributed by atoms with van der Waals surface area (Å²) in [5.41, 5.74) is 1.62. The number of rotatable bonds is 2. The fourth-order valence-electron chi connectivity index (χ4n) is 2.40. The quantitative estimate of drug-likeness (QED) is 0.662. The van der Waals surface area contributed by atoms with Gasteiger partial charge in [0.15, 0.2) is 0 Å². The van der Waals surface area contributed by atoms with Crippen LogP contribution in [0.15, 0.2) is 12.1 Å². The highest BCUT2D eigenvalue weighted by Gasteiger charge is 2.43. The molecule has 1 aromatic carbocycles. The third-order valence-corrected chi connectivity index (χ3v) is 4.02. The fourth-order valence-corrected chi connectivity index (χ4v) is 2.90. The predicted molar refractivity (Wildman–Crippen MR) is 72.8 cm³/mol. The zero-order valence-electron chi connectivity index (χ0n) is 10.1. The second-order valence-electron chi connectivity index (χ2n) is 4.65. The Balaban J connectivity index is 2.04. The predicted octanol–water partition coefficient (Wildman–Crippen LogP) is 1.02. The molecule has 1 fully saturated rings. The highest BCUT2D eigenvalue weighted by atomic mass is 35.5. The Labute approximate surface area is 123 Å². The van der Waals surface area contributed by atoms with Gasteiger partial charge in [0.05, 0.1) is 17.1 Å². The molecule has 6 nitrogen and oxygen atoms in total. The van der Waals surface area contributed by atoms with Crippen molar-refractivity contribution in [1.29, 1.82) is 0 Å². The van der Waals surface area contributed by atoms with Crippen LogP contribution in [-0.4, -0.2) is 50.2 Å². The van der Waals surface area contributed by atoms with Gasteiger partial charge in [-0.2, -0.15) is 0 Å². The van der Waals surface area contributed by atoms with Crippen molar-refractivity contribution in [1.82, 2.24) is 9.97 Å². The number of benzene rings is 1. The summed E-state index contributed by atoms with van der Waals surface area (Å²) in [5.74, 6) is 0. The van der Waals surface area contributed by atoms with Crippen molar-refractivity contribution in [2.24, 2.45) is 0 Å². The third kappa shape index (κ3) is 2.09. The summed E-state index contributed by atoms with van der Waals surface area (Å²) in [7, 11) is 0. The maximum Gasteiger partial charge on any atom is 0.201 e. The van der Waals surface area contributed by atoms with Gasteiger partial charge in [0, 0.05) is 5.56 Å². The number of nitrogens with zero attached hydrogens (tertiary/aromatic N) is 1. The van der Waals surface area contributed by atoms with Crippen molar-refractivity contribution in [2.75, 3.05) is 6.61 Å². The number of H-pyrrole nitrogens is 1. The van der Waals surface area contributed by atoms with Crippen molar-refractivity contribution >= 4 is 34.2 Å². The van der Waals surface area contributed by atoms with Crippen molar-refractivity contribution in [3.63, 3.8) is 0 Å². The van der Waals surface area contributed by atoms with Crippen molar-refractivity contribution < 1.29 is 20.1 Å². The second-order valence-corrected chi connectivity index (χ2v) is 5.39. The minimum absolute atomic E-state index is 0.209. The van der Waals surface area contributed by atoms with Crippen LogP contribution >= 0.6 is 23.2 Å². The van der Waals surface area contributed by atoms with E-state index >= 15 is 0 Å². The largest absolute Gasteiger partial charge is 0.394 e. The molecule has 4 atom stereocenters. The lowest BCUT2D eigenvalue weighted by Crippen LogP contribution is -2.32. The Hall–Kier alpha value is -0.890. The van der Waals surface area contributed by atoms with Gasteiger partial charge < -0.3 is 25.0 Å². The maximum atomic E-state index is 10.0. The van der Waals surface area contributed by atoms with Crippen LogP contribution in [0.1, 0.15) is 11.7 Å². The van der Waals surface area contributed by atoms with Gasteiger partial charge >= 0.3 is 0 Å². The van der Waals surface area contributed by atoms with Crippen LogP contribution in [0.2, 0.25) is 10.3 Å². The first-order chi connectivity index (χ1) is 9.52. The molecule has 0 saturated carbocycles. The van der Waals surface area contributed by atoms with Crippen molar-refractivity contribution in [3.8, 4) is 0 Å². The highest BCUT2D eigenvalue weighted by molar-refractivity contribution is 6.36. The summed E-state index contributed by atoms with van der Waals surface area (Å²) < 4.78 is 5.45. The number of hydrogen-bond donors (Lipinski definition) is 4. The number of aromatic nitrogens is 2. The molecule has 2 aromatic rings. The number of aliphatic hydroxyl groups excluding tert-OH is 3. The Morgan fingerprint density at radius 2 is 2.00 bits per heavy atom. The SMILES string of the molecule is OC[C@H]1OC(c2ccc3[nH]c(Cl)nc3c2Cl)[C@H](O)[C@@H]1O. The Morgan fingerprint density at radius 3 is 2.65 bits per heavy atom. The van der Waals surface area contributed by atoms with Crippen LogP contribution in [-0.2, 0) is 4.74 Å². The minimum atomic E-state index is -1.17. The molecule has 0 bridgehead atoms. The number of nitrogens with one attached hydrogen (secondary N) is 1. The Bertz CT molecular complexity index is 648. The molecule has 20 heavy (non-hydrogen) atoms. The van der Waals surface area contributed by atoms with Crippen LogP contribution < -0.4 is 0 Å². The standard InChI is InChI=1S/C12H12Cl2N2O4/c13-7-4(1-2-5-8(7)16-12(14)15-5)11-10(19)9(18)6(3-17)20-11/h1-2,6,9-11,17-19H,3H2,(H,15,16)/t6-,9-,10-,11?/m1/s1. The topological polar surface area (TPSA) is 98.6 Å². The molecule has 0 radical (unpaired) electrons. The van der Waals surface area contributed by atoms with Crippen molar-refractivity contribution in [2.45, 2.75) is 24.4 Å². The molecule has 4 N–H and O–H groups in total. The average molecular weight is 319 g/mol. The summed E-state index contributed by atoms with van der Waals surface area (Å²) in [6.45, 7) is -0.386. The number of fused-ring (bicyclic) bond motifs is 1. The molecule has 1 unspecified atom stereocenters. The van der Waals surface area contributed by atoms with Crippen LogP contribution in [0.3, 0.4) is 0 Å². The number of ether oxygens (including phenoxy) is 1. The first-order valence-corrected chi connectivity index (χ1v) is 6.74. The van der Waals surface area contributed by atoms with Gasteiger partial charge in [-0.15, -0.1) is 0 Å². The number of aromatic amines is 1. The first kappa shape index (κ1) is 14.1. The van der Waals surface area contributed by atoms with Crippen LogP contribution in [0.4, 0.5) is 0 Å². The number of halogens is 2. The molecule has 1 aliphatic rings. The average Bonchev–Trinajstić information content (AvgIpc) is 2.93. The van der Waals surface area contributed by atoms with Crippen LogP contribution in [0.25, 0.3) is 11.0 Å². The number of aliphatic hydroxyl groups is 3. The van der Waals surface area contributed by atoms with E-state index in [1.165, 1.54) is 0 Å². The highest BCUT2D eigenvalue weighted by Crippen LogP contribution is 2.39. The molecular formula is C12H12Cl2N2O4. The fraction of sp³-hybridized carbons (Fsp3) is 0.417. The van der Waals surface area contributed by atoms with E-state index in [-0.39, 0.29) is 11.9 Å². The van der Waals surface area contributed by atoms with E-state index in [0.29, 0.717) is 21.6 Å². The molecule has 2 heterocycles. The van der Waals surface area contributed by atoms with Gasteiger partial charge in [-0.1, -0.05) is 17.7 Å². The van der Waals surface area contributed by atoms with E-state index in [0.717, 1.165) is 0 Å². The Morgan fingerprint density at radius 1 is 1.25 bits per heavy atom. The normalized spacial score (nSPS) is 30.2.